The Hall–Kier alpha value is -2.86. The van der Waals surface area contributed by atoms with Crippen LogP contribution in [0.15, 0.2) is 46.9 Å². The van der Waals surface area contributed by atoms with Crippen LogP contribution in [0.25, 0.3) is 11.1 Å². The molecule has 1 heterocycles. The quantitative estimate of drug-likeness (QED) is 0.762. The van der Waals surface area contributed by atoms with E-state index in [9.17, 15) is 9.59 Å². The molecule has 0 fully saturated rings. The van der Waals surface area contributed by atoms with Gasteiger partial charge in [-0.15, -0.1) is 0 Å². The second-order valence-electron chi connectivity index (χ2n) is 5.13. The Morgan fingerprint density at radius 1 is 1.21 bits per heavy atom. The first-order valence-corrected chi connectivity index (χ1v) is 7.60. The summed E-state index contributed by atoms with van der Waals surface area (Å²) < 4.78 is 5.41. The number of fused-ring (bicyclic) bond motifs is 1. The molecule has 7 heteroatoms. The molecule has 0 atom stereocenters. The van der Waals surface area contributed by atoms with Gasteiger partial charge in [-0.05, 0) is 24.3 Å². The molecule has 0 unspecified atom stereocenters. The molecule has 0 aliphatic rings. The normalized spacial score (nSPS) is 10.6. The number of oxazole rings is 1. The Morgan fingerprint density at radius 2 is 2.00 bits per heavy atom. The first kappa shape index (κ1) is 16.0. The van der Waals surface area contributed by atoms with Crippen molar-refractivity contribution in [2.24, 2.45) is 0 Å². The van der Waals surface area contributed by atoms with Crippen molar-refractivity contribution in [1.29, 1.82) is 0 Å². The Labute approximate surface area is 142 Å². The predicted molar refractivity (Wildman–Crippen MR) is 91.2 cm³/mol. The number of halogens is 1. The van der Waals surface area contributed by atoms with Gasteiger partial charge >= 0.3 is 0 Å². The van der Waals surface area contributed by atoms with E-state index < -0.39 is 5.91 Å². The van der Waals surface area contributed by atoms with Gasteiger partial charge < -0.3 is 15.1 Å². The van der Waals surface area contributed by atoms with Crippen molar-refractivity contribution >= 4 is 40.2 Å². The summed E-state index contributed by atoms with van der Waals surface area (Å²) >= 11 is 5.94. The molecule has 1 aromatic heterocycles. The number of aromatic nitrogens is 1. The van der Waals surface area contributed by atoms with E-state index in [2.05, 4.69) is 15.6 Å². The topological polar surface area (TPSA) is 84.2 Å². The Balaban J connectivity index is 1.60. The molecule has 0 bridgehead atoms. The van der Waals surface area contributed by atoms with Crippen LogP contribution in [-0.4, -0.2) is 23.3 Å². The molecule has 0 aliphatic heterocycles. The minimum absolute atomic E-state index is 0.169. The molecule has 24 heavy (non-hydrogen) atoms. The number of benzene rings is 2. The molecule has 6 nitrogen and oxygen atoms in total. The first-order valence-electron chi connectivity index (χ1n) is 7.23. The third-order valence-corrected chi connectivity index (χ3v) is 3.64. The zero-order valence-corrected chi connectivity index (χ0v) is 13.6. The van der Waals surface area contributed by atoms with Crippen LogP contribution in [0.1, 0.15) is 16.2 Å². The van der Waals surface area contributed by atoms with Crippen LogP contribution in [0.3, 0.4) is 0 Å². The number of nitrogens with one attached hydrogen (secondary N) is 2. The molecule has 3 aromatic rings. The highest BCUT2D eigenvalue weighted by Gasteiger charge is 2.11. The fourth-order valence-electron chi connectivity index (χ4n) is 2.22. The molecule has 2 N–H and O–H groups in total. The fourth-order valence-corrected chi connectivity index (χ4v) is 2.45. The van der Waals surface area contributed by atoms with Gasteiger partial charge in [-0.25, -0.2) is 4.98 Å². The largest absolute Gasteiger partial charge is 0.441 e. The number of carbonyl (C=O) groups excluding carboxylic acids is 2. The third-order valence-electron chi connectivity index (χ3n) is 3.31. The SMILES string of the molecule is Cc1nc2ccc(NC(=O)CNC(=O)c3ccccc3Cl)cc2o1. The molecule has 122 valence electrons. The average Bonchev–Trinajstić information content (AvgIpc) is 2.92. The lowest BCUT2D eigenvalue weighted by Gasteiger charge is -2.07. The van der Waals surface area contributed by atoms with Gasteiger partial charge in [0.2, 0.25) is 5.91 Å². The van der Waals surface area contributed by atoms with Gasteiger partial charge in [0.15, 0.2) is 11.5 Å². The molecular weight excluding hydrogens is 330 g/mol. The molecule has 0 saturated heterocycles. The number of aryl methyl sites for hydroxylation is 1. The molecule has 3 rings (SSSR count). The summed E-state index contributed by atoms with van der Waals surface area (Å²) in [6.07, 6.45) is 0. The second-order valence-corrected chi connectivity index (χ2v) is 5.53. The summed E-state index contributed by atoms with van der Waals surface area (Å²) in [6.45, 7) is 1.58. The van der Waals surface area contributed by atoms with Crippen molar-refractivity contribution in [3.05, 3.63) is 58.9 Å². The molecule has 2 aromatic carbocycles. The summed E-state index contributed by atoms with van der Waals surface area (Å²) in [5.41, 5.74) is 2.20. The lowest BCUT2D eigenvalue weighted by Crippen LogP contribution is -2.32. The minimum atomic E-state index is -0.405. The lowest BCUT2D eigenvalue weighted by atomic mass is 10.2. The number of hydrogen-bond acceptors (Lipinski definition) is 4. The highest BCUT2D eigenvalue weighted by molar-refractivity contribution is 6.33. The van der Waals surface area contributed by atoms with Crippen LogP contribution in [-0.2, 0) is 4.79 Å². The number of amides is 2. The van der Waals surface area contributed by atoms with Crippen LogP contribution in [0.4, 0.5) is 5.69 Å². The zero-order valence-electron chi connectivity index (χ0n) is 12.8. The third kappa shape index (κ3) is 3.55. The van der Waals surface area contributed by atoms with Crippen LogP contribution in [0.2, 0.25) is 5.02 Å². The van der Waals surface area contributed by atoms with Gasteiger partial charge in [0, 0.05) is 18.7 Å². The van der Waals surface area contributed by atoms with Gasteiger partial charge in [-0.1, -0.05) is 23.7 Å². The van der Waals surface area contributed by atoms with E-state index in [-0.39, 0.29) is 12.5 Å². The maximum absolute atomic E-state index is 12.0. The van der Waals surface area contributed by atoms with Gasteiger partial charge in [0.05, 0.1) is 17.1 Å². The standard InChI is InChI=1S/C17H14ClN3O3/c1-10-20-14-7-6-11(8-15(14)24-10)21-16(22)9-19-17(23)12-4-2-3-5-13(12)18/h2-8H,9H2,1H3,(H,19,23)(H,21,22). The number of hydrogen-bond donors (Lipinski definition) is 2. The fraction of sp³-hybridized carbons (Fsp3) is 0.118. The van der Waals surface area contributed by atoms with Crippen molar-refractivity contribution in [1.82, 2.24) is 10.3 Å². The van der Waals surface area contributed by atoms with Crippen molar-refractivity contribution in [3.8, 4) is 0 Å². The minimum Gasteiger partial charge on any atom is -0.441 e. The Bertz CT molecular complexity index is 920. The van der Waals surface area contributed by atoms with E-state index in [0.29, 0.717) is 27.7 Å². The summed E-state index contributed by atoms with van der Waals surface area (Å²) in [5.74, 6) is -0.205. The van der Waals surface area contributed by atoms with E-state index in [1.54, 1.807) is 49.4 Å². The number of carbonyl (C=O) groups is 2. The number of nitrogens with zero attached hydrogens (tertiary/aromatic N) is 1. The van der Waals surface area contributed by atoms with Crippen molar-refractivity contribution in [2.75, 3.05) is 11.9 Å². The molecule has 0 aliphatic carbocycles. The zero-order chi connectivity index (χ0) is 17.1. The molecule has 0 spiro atoms. The number of rotatable bonds is 4. The summed E-state index contributed by atoms with van der Waals surface area (Å²) in [7, 11) is 0. The molecule has 0 saturated carbocycles. The number of anilines is 1. The van der Waals surface area contributed by atoms with E-state index in [0.717, 1.165) is 5.52 Å². The van der Waals surface area contributed by atoms with E-state index in [4.69, 9.17) is 16.0 Å². The van der Waals surface area contributed by atoms with Gasteiger partial charge in [0.1, 0.15) is 5.52 Å². The van der Waals surface area contributed by atoms with Crippen LogP contribution < -0.4 is 10.6 Å². The van der Waals surface area contributed by atoms with Crippen molar-refractivity contribution in [2.45, 2.75) is 6.92 Å². The van der Waals surface area contributed by atoms with Crippen LogP contribution in [0, 0.1) is 6.92 Å². The maximum Gasteiger partial charge on any atom is 0.253 e. The van der Waals surface area contributed by atoms with Gasteiger partial charge in [-0.2, -0.15) is 0 Å². The van der Waals surface area contributed by atoms with Crippen molar-refractivity contribution in [3.63, 3.8) is 0 Å². The lowest BCUT2D eigenvalue weighted by molar-refractivity contribution is -0.115. The summed E-state index contributed by atoms with van der Waals surface area (Å²) in [5, 5.41) is 5.55. The van der Waals surface area contributed by atoms with Gasteiger partial charge in [0.25, 0.3) is 5.91 Å². The average molecular weight is 344 g/mol. The predicted octanol–water partition coefficient (Wildman–Crippen LogP) is 3.16. The first-order chi connectivity index (χ1) is 11.5. The van der Waals surface area contributed by atoms with Crippen LogP contribution in [0.5, 0.6) is 0 Å². The van der Waals surface area contributed by atoms with E-state index in [1.807, 2.05) is 0 Å². The molecular formula is C17H14ClN3O3. The monoisotopic (exact) mass is 343 g/mol. The van der Waals surface area contributed by atoms with Gasteiger partial charge in [-0.3, -0.25) is 9.59 Å². The van der Waals surface area contributed by atoms with Crippen molar-refractivity contribution < 1.29 is 14.0 Å². The summed E-state index contributed by atoms with van der Waals surface area (Å²) in [4.78, 5) is 28.2. The Kier molecular flexibility index (Phi) is 4.48. The maximum atomic E-state index is 12.0. The highest BCUT2D eigenvalue weighted by Crippen LogP contribution is 2.19. The highest BCUT2D eigenvalue weighted by atomic mass is 35.5. The van der Waals surface area contributed by atoms with E-state index >= 15 is 0 Å². The second kappa shape index (κ2) is 6.72. The molecule has 2 amide bonds. The summed E-state index contributed by atoms with van der Waals surface area (Å²) in [6, 6.07) is 11.8. The molecule has 0 radical (unpaired) electrons. The Morgan fingerprint density at radius 3 is 2.79 bits per heavy atom. The van der Waals surface area contributed by atoms with Crippen LogP contribution >= 0.6 is 11.6 Å². The van der Waals surface area contributed by atoms with E-state index in [1.165, 1.54) is 0 Å². The smallest absolute Gasteiger partial charge is 0.253 e.